The molecule has 2 rings (SSSR count). The van der Waals surface area contributed by atoms with Crippen LogP contribution in [0.25, 0.3) is 0 Å². The molecule has 2 N–H and O–H groups in total. The van der Waals surface area contributed by atoms with Crippen LogP contribution in [0.5, 0.6) is 0 Å². The minimum absolute atomic E-state index is 0.0414. The summed E-state index contributed by atoms with van der Waals surface area (Å²) in [5.41, 5.74) is -0.448. The van der Waals surface area contributed by atoms with Gasteiger partial charge in [0.15, 0.2) is 0 Å². The number of anilines is 1. The Kier molecular flexibility index (Phi) is 5.29. The van der Waals surface area contributed by atoms with E-state index in [4.69, 9.17) is 4.42 Å². The van der Waals surface area contributed by atoms with Crippen molar-refractivity contribution in [3.63, 3.8) is 0 Å². The van der Waals surface area contributed by atoms with Gasteiger partial charge >= 0.3 is 6.01 Å². The van der Waals surface area contributed by atoms with Crippen LogP contribution < -0.4 is 10.0 Å². The minimum atomic E-state index is -3.76. The summed E-state index contributed by atoms with van der Waals surface area (Å²) in [6, 6.07) is 3.07. The van der Waals surface area contributed by atoms with Crippen molar-refractivity contribution in [2.24, 2.45) is 5.41 Å². The molecule has 10 heteroatoms. The molecule has 0 atom stereocenters. The van der Waals surface area contributed by atoms with Gasteiger partial charge in [-0.05, 0) is 18.6 Å². The molecule has 132 valence electrons. The molecular formula is C14H20N4O4S2. The second-order valence-electron chi connectivity index (χ2n) is 6.21. The molecule has 0 fully saturated rings. The zero-order valence-electron chi connectivity index (χ0n) is 13.9. The van der Waals surface area contributed by atoms with E-state index in [1.807, 2.05) is 20.8 Å². The number of aryl methyl sites for hydroxylation is 1. The lowest BCUT2D eigenvalue weighted by Crippen LogP contribution is -2.35. The summed E-state index contributed by atoms with van der Waals surface area (Å²) in [5, 5.41) is 10.0. The van der Waals surface area contributed by atoms with E-state index in [1.165, 1.54) is 6.07 Å². The first kappa shape index (κ1) is 18.4. The molecule has 0 radical (unpaired) electrons. The van der Waals surface area contributed by atoms with Gasteiger partial charge in [-0.3, -0.25) is 4.79 Å². The highest BCUT2D eigenvalue weighted by atomic mass is 32.2. The van der Waals surface area contributed by atoms with Gasteiger partial charge in [0.1, 0.15) is 4.21 Å². The van der Waals surface area contributed by atoms with E-state index < -0.39 is 15.4 Å². The lowest BCUT2D eigenvalue weighted by atomic mass is 9.96. The maximum atomic E-state index is 12.2. The summed E-state index contributed by atoms with van der Waals surface area (Å²) < 4.78 is 31.9. The predicted octanol–water partition coefficient (Wildman–Crippen LogP) is 1.95. The Bertz CT molecular complexity index is 818. The third kappa shape index (κ3) is 4.78. The van der Waals surface area contributed by atoms with E-state index in [0.717, 1.165) is 16.2 Å². The first-order chi connectivity index (χ1) is 11.1. The molecule has 2 aromatic heterocycles. The lowest BCUT2D eigenvalue weighted by Gasteiger charge is -2.17. The molecule has 8 nitrogen and oxygen atoms in total. The molecule has 0 aromatic carbocycles. The quantitative estimate of drug-likeness (QED) is 0.801. The summed E-state index contributed by atoms with van der Waals surface area (Å²) in [6.07, 6.45) is 0.557. The number of hydrogen-bond donors (Lipinski definition) is 2. The normalized spacial score (nSPS) is 12.2. The maximum absolute atomic E-state index is 12.2. The number of rotatable bonds is 6. The van der Waals surface area contributed by atoms with Crippen molar-refractivity contribution in [3.8, 4) is 0 Å². The fraction of sp³-hybridized carbons (Fsp3) is 0.500. The van der Waals surface area contributed by atoms with Crippen LogP contribution in [-0.2, 0) is 21.2 Å². The number of carbonyl (C=O) groups excluding carboxylic acids is 1. The second-order valence-corrected chi connectivity index (χ2v) is 9.29. The molecule has 2 aromatic rings. The van der Waals surface area contributed by atoms with E-state index in [-0.39, 0.29) is 22.0 Å². The Morgan fingerprint density at radius 2 is 2.00 bits per heavy atom. The number of carbonyl (C=O) groups is 1. The average Bonchev–Trinajstić information content (AvgIpc) is 3.07. The van der Waals surface area contributed by atoms with Gasteiger partial charge in [-0.15, -0.1) is 16.4 Å². The molecule has 0 saturated carbocycles. The lowest BCUT2D eigenvalue weighted by molar-refractivity contribution is -0.128. The van der Waals surface area contributed by atoms with Crippen LogP contribution in [0.1, 0.15) is 31.5 Å². The van der Waals surface area contributed by atoms with Gasteiger partial charge in [0, 0.05) is 23.8 Å². The number of amides is 1. The minimum Gasteiger partial charge on any atom is -0.408 e. The molecule has 0 spiro atoms. The molecular weight excluding hydrogens is 352 g/mol. The van der Waals surface area contributed by atoms with Crippen LogP contribution in [-0.4, -0.2) is 31.1 Å². The van der Waals surface area contributed by atoms with Crippen molar-refractivity contribution < 1.29 is 17.6 Å². The first-order valence-corrected chi connectivity index (χ1v) is 9.58. The fourth-order valence-electron chi connectivity index (χ4n) is 1.70. The highest BCUT2D eigenvalue weighted by molar-refractivity contribution is 7.94. The highest BCUT2D eigenvalue weighted by Gasteiger charge is 2.21. The van der Waals surface area contributed by atoms with Crippen molar-refractivity contribution >= 4 is 33.3 Å². The van der Waals surface area contributed by atoms with Crippen LogP contribution in [0.4, 0.5) is 6.01 Å². The standard InChI is InChI=1S/C14H20N4O4S2/c1-9-16-17-13(22-9)18-24(20,21)11-6-5-10(23-11)7-8-15-12(19)14(2,3)4/h5-6H,7-8H2,1-4H3,(H,15,19)(H,17,18). The molecule has 0 unspecified atom stereocenters. The van der Waals surface area contributed by atoms with Crippen LogP contribution in [0, 0.1) is 12.3 Å². The molecule has 0 aliphatic carbocycles. The number of thiophene rings is 1. The van der Waals surface area contributed by atoms with Gasteiger partial charge in [-0.1, -0.05) is 25.9 Å². The Labute approximate surface area is 144 Å². The number of nitrogens with zero attached hydrogens (tertiary/aromatic N) is 2. The smallest absolute Gasteiger partial charge is 0.329 e. The van der Waals surface area contributed by atoms with Crippen LogP contribution >= 0.6 is 11.3 Å². The zero-order chi connectivity index (χ0) is 18.0. The second kappa shape index (κ2) is 6.89. The molecule has 0 aliphatic heterocycles. The van der Waals surface area contributed by atoms with E-state index in [2.05, 4.69) is 20.2 Å². The van der Waals surface area contributed by atoms with Crippen molar-refractivity contribution in [1.82, 2.24) is 15.5 Å². The topological polar surface area (TPSA) is 114 Å². The van der Waals surface area contributed by atoms with Gasteiger partial charge in [0.2, 0.25) is 11.8 Å². The van der Waals surface area contributed by atoms with Gasteiger partial charge in [-0.2, -0.15) is 0 Å². The third-order valence-electron chi connectivity index (χ3n) is 2.99. The SMILES string of the molecule is Cc1nnc(NS(=O)(=O)c2ccc(CCNC(=O)C(C)(C)C)s2)o1. The summed E-state index contributed by atoms with van der Waals surface area (Å²) in [4.78, 5) is 12.6. The van der Waals surface area contributed by atoms with Gasteiger partial charge in [0.25, 0.3) is 10.0 Å². The van der Waals surface area contributed by atoms with E-state index in [0.29, 0.717) is 13.0 Å². The fourth-order valence-corrected chi connectivity index (χ4v) is 3.98. The Morgan fingerprint density at radius 3 is 2.58 bits per heavy atom. The van der Waals surface area contributed by atoms with Crippen molar-refractivity contribution in [2.75, 3.05) is 11.3 Å². The van der Waals surface area contributed by atoms with Crippen LogP contribution in [0.2, 0.25) is 0 Å². The molecule has 1 amide bonds. The number of aromatic nitrogens is 2. The molecule has 2 heterocycles. The van der Waals surface area contributed by atoms with Gasteiger partial charge < -0.3 is 9.73 Å². The molecule has 24 heavy (non-hydrogen) atoms. The van der Waals surface area contributed by atoms with Crippen LogP contribution in [0.15, 0.2) is 20.8 Å². The van der Waals surface area contributed by atoms with E-state index in [9.17, 15) is 13.2 Å². The number of hydrogen-bond acceptors (Lipinski definition) is 7. The van der Waals surface area contributed by atoms with Gasteiger partial charge in [-0.25, -0.2) is 13.1 Å². The largest absolute Gasteiger partial charge is 0.408 e. The Balaban J connectivity index is 1.96. The summed E-state index contributed by atoms with van der Waals surface area (Å²) >= 11 is 1.13. The molecule has 0 aliphatic rings. The highest BCUT2D eigenvalue weighted by Crippen LogP contribution is 2.24. The van der Waals surface area contributed by atoms with E-state index >= 15 is 0 Å². The predicted molar refractivity (Wildman–Crippen MR) is 90.3 cm³/mol. The number of sulfonamides is 1. The van der Waals surface area contributed by atoms with Crippen LogP contribution in [0.3, 0.4) is 0 Å². The Morgan fingerprint density at radius 1 is 1.29 bits per heavy atom. The van der Waals surface area contributed by atoms with E-state index in [1.54, 1.807) is 13.0 Å². The Hall–Kier alpha value is -1.94. The molecule has 0 bridgehead atoms. The van der Waals surface area contributed by atoms with Crippen molar-refractivity contribution in [2.45, 2.75) is 38.3 Å². The average molecular weight is 372 g/mol. The van der Waals surface area contributed by atoms with Crippen molar-refractivity contribution in [1.29, 1.82) is 0 Å². The monoisotopic (exact) mass is 372 g/mol. The summed E-state index contributed by atoms with van der Waals surface area (Å²) in [6.45, 7) is 7.53. The third-order valence-corrected chi connectivity index (χ3v) is 5.94. The summed E-state index contributed by atoms with van der Waals surface area (Å²) in [7, 11) is -3.76. The maximum Gasteiger partial charge on any atom is 0.329 e. The molecule has 0 saturated heterocycles. The first-order valence-electron chi connectivity index (χ1n) is 7.28. The summed E-state index contributed by atoms with van der Waals surface area (Å²) in [5.74, 6) is 0.231. The number of nitrogens with one attached hydrogen (secondary N) is 2. The van der Waals surface area contributed by atoms with Crippen molar-refractivity contribution in [3.05, 3.63) is 22.9 Å². The van der Waals surface area contributed by atoms with Gasteiger partial charge in [0.05, 0.1) is 0 Å². The zero-order valence-corrected chi connectivity index (χ0v) is 15.5.